The molecule has 0 aliphatic heterocycles. The highest BCUT2D eigenvalue weighted by Crippen LogP contribution is 2.33. The molecule has 6 heteroatoms. The highest BCUT2D eigenvalue weighted by atomic mass is 19.1. The van der Waals surface area contributed by atoms with Gasteiger partial charge in [0.1, 0.15) is 5.82 Å². The van der Waals surface area contributed by atoms with E-state index >= 15 is 0 Å². The zero-order chi connectivity index (χ0) is 17.8. The van der Waals surface area contributed by atoms with Crippen molar-refractivity contribution in [2.45, 2.75) is 26.4 Å². The van der Waals surface area contributed by atoms with Crippen LogP contribution in [-0.4, -0.2) is 23.4 Å². The van der Waals surface area contributed by atoms with E-state index in [-0.39, 0.29) is 17.8 Å². The lowest BCUT2D eigenvalue weighted by Crippen LogP contribution is -2.10. The van der Waals surface area contributed by atoms with Crippen LogP contribution >= 0.6 is 0 Å². The summed E-state index contributed by atoms with van der Waals surface area (Å²) in [6, 6.07) is 11.5. The second kappa shape index (κ2) is 7.34. The molecule has 130 valence electrons. The van der Waals surface area contributed by atoms with E-state index in [4.69, 9.17) is 14.0 Å². The standard InChI is InChI=1S/C19H19FN2O3/c1-4-12(2)24-16-9-8-13(11-17(16)23-3)18-21-19(25-22-18)14-6-5-7-15(20)10-14/h5-12H,4H2,1-3H3/t12-/m0/s1. The van der Waals surface area contributed by atoms with Gasteiger partial charge in [0.2, 0.25) is 5.82 Å². The van der Waals surface area contributed by atoms with Gasteiger partial charge in [-0.1, -0.05) is 18.1 Å². The molecule has 1 atom stereocenters. The molecule has 2 aromatic carbocycles. The summed E-state index contributed by atoms with van der Waals surface area (Å²) in [6.07, 6.45) is 0.983. The molecule has 0 amide bonds. The van der Waals surface area contributed by atoms with Gasteiger partial charge in [0.15, 0.2) is 11.5 Å². The molecule has 3 rings (SSSR count). The maximum atomic E-state index is 13.3. The number of halogens is 1. The molecule has 0 spiro atoms. The molecule has 0 radical (unpaired) electrons. The third-order valence-corrected chi connectivity index (χ3v) is 3.82. The predicted molar refractivity (Wildman–Crippen MR) is 92.1 cm³/mol. The van der Waals surface area contributed by atoms with Crippen LogP contribution in [0.5, 0.6) is 11.5 Å². The first-order valence-corrected chi connectivity index (χ1v) is 8.05. The molecule has 0 bridgehead atoms. The summed E-state index contributed by atoms with van der Waals surface area (Å²) in [7, 11) is 1.58. The predicted octanol–water partition coefficient (Wildman–Crippen LogP) is 4.73. The van der Waals surface area contributed by atoms with Crippen molar-refractivity contribution in [1.29, 1.82) is 0 Å². The van der Waals surface area contributed by atoms with Gasteiger partial charge in [-0.2, -0.15) is 4.98 Å². The lowest BCUT2D eigenvalue weighted by molar-refractivity contribution is 0.207. The van der Waals surface area contributed by atoms with E-state index in [2.05, 4.69) is 17.1 Å². The zero-order valence-electron chi connectivity index (χ0n) is 14.3. The Balaban J connectivity index is 1.89. The van der Waals surface area contributed by atoms with Crippen molar-refractivity contribution >= 4 is 0 Å². The molecular weight excluding hydrogens is 323 g/mol. The largest absolute Gasteiger partial charge is 0.493 e. The Kier molecular flexibility index (Phi) is 4.97. The summed E-state index contributed by atoms with van der Waals surface area (Å²) in [5.41, 5.74) is 1.25. The summed E-state index contributed by atoms with van der Waals surface area (Å²) in [4.78, 5) is 4.33. The molecule has 1 aromatic heterocycles. The minimum atomic E-state index is -0.356. The molecule has 3 aromatic rings. The van der Waals surface area contributed by atoms with Crippen LogP contribution in [0.25, 0.3) is 22.8 Å². The molecule has 25 heavy (non-hydrogen) atoms. The fourth-order valence-electron chi connectivity index (χ4n) is 2.28. The van der Waals surface area contributed by atoms with Crippen LogP contribution < -0.4 is 9.47 Å². The number of methoxy groups -OCH3 is 1. The van der Waals surface area contributed by atoms with Crippen LogP contribution in [0.1, 0.15) is 20.3 Å². The molecule has 1 heterocycles. The van der Waals surface area contributed by atoms with Crippen molar-refractivity contribution < 1.29 is 18.4 Å². The second-order valence-corrected chi connectivity index (χ2v) is 5.64. The van der Waals surface area contributed by atoms with Gasteiger partial charge in [-0.3, -0.25) is 0 Å². The van der Waals surface area contributed by atoms with E-state index in [9.17, 15) is 4.39 Å². The maximum Gasteiger partial charge on any atom is 0.258 e. The Labute approximate surface area is 145 Å². The van der Waals surface area contributed by atoms with Gasteiger partial charge in [0, 0.05) is 11.1 Å². The van der Waals surface area contributed by atoms with E-state index in [1.165, 1.54) is 12.1 Å². The van der Waals surface area contributed by atoms with Crippen molar-refractivity contribution in [3.05, 3.63) is 48.3 Å². The Hall–Kier alpha value is -2.89. The second-order valence-electron chi connectivity index (χ2n) is 5.64. The van der Waals surface area contributed by atoms with E-state index in [0.717, 1.165) is 12.0 Å². The zero-order valence-corrected chi connectivity index (χ0v) is 14.3. The quantitative estimate of drug-likeness (QED) is 0.648. The molecular formula is C19H19FN2O3. The lowest BCUT2D eigenvalue weighted by Gasteiger charge is -2.15. The number of hydrogen-bond acceptors (Lipinski definition) is 5. The maximum absolute atomic E-state index is 13.3. The summed E-state index contributed by atoms with van der Waals surface area (Å²) in [5, 5.41) is 3.97. The highest BCUT2D eigenvalue weighted by molar-refractivity contribution is 5.63. The Morgan fingerprint density at radius 2 is 1.96 bits per heavy atom. The van der Waals surface area contributed by atoms with Crippen LogP contribution in [0.4, 0.5) is 4.39 Å². The summed E-state index contributed by atoms with van der Waals surface area (Å²) >= 11 is 0. The van der Waals surface area contributed by atoms with Gasteiger partial charge >= 0.3 is 0 Å². The van der Waals surface area contributed by atoms with Gasteiger partial charge < -0.3 is 14.0 Å². The monoisotopic (exact) mass is 342 g/mol. The van der Waals surface area contributed by atoms with Crippen LogP contribution in [0, 0.1) is 5.82 Å². The van der Waals surface area contributed by atoms with Crippen molar-refractivity contribution in [3.8, 4) is 34.3 Å². The Morgan fingerprint density at radius 1 is 1.12 bits per heavy atom. The van der Waals surface area contributed by atoms with Crippen LogP contribution in [0.2, 0.25) is 0 Å². The normalized spacial score (nSPS) is 12.0. The first-order valence-electron chi connectivity index (χ1n) is 8.05. The fourth-order valence-corrected chi connectivity index (χ4v) is 2.28. The van der Waals surface area contributed by atoms with Gasteiger partial charge in [-0.25, -0.2) is 4.39 Å². The highest BCUT2D eigenvalue weighted by Gasteiger charge is 2.15. The first kappa shape index (κ1) is 17.0. The fraction of sp³-hybridized carbons (Fsp3) is 0.263. The van der Waals surface area contributed by atoms with Crippen LogP contribution in [0.3, 0.4) is 0 Å². The lowest BCUT2D eigenvalue weighted by atomic mass is 10.2. The topological polar surface area (TPSA) is 57.4 Å². The molecule has 0 fully saturated rings. The molecule has 0 N–H and O–H groups in total. The molecule has 5 nitrogen and oxygen atoms in total. The molecule has 0 saturated carbocycles. The van der Waals surface area contributed by atoms with E-state index in [1.807, 2.05) is 19.1 Å². The first-order chi connectivity index (χ1) is 12.1. The minimum Gasteiger partial charge on any atom is -0.493 e. The average Bonchev–Trinajstić information content (AvgIpc) is 3.12. The van der Waals surface area contributed by atoms with Crippen molar-refractivity contribution in [2.24, 2.45) is 0 Å². The minimum absolute atomic E-state index is 0.0875. The summed E-state index contributed by atoms with van der Waals surface area (Å²) < 4.78 is 29.8. The Morgan fingerprint density at radius 3 is 2.68 bits per heavy atom. The number of ether oxygens (including phenoxy) is 2. The molecule has 0 aliphatic rings. The SMILES string of the molecule is CC[C@H](C)Oc1ccc(-c2noc(-c3cccc(F)c3)n2)cc1OC. The third kappa shape index (κ3) is 3.79. The summed E-state index contributed by atoms with van der Waals surface area (Å²) in [5.74, 6) is 1.55. The van der Waals surface area contributed by atoms with Gasteiger partial charge in [-0.05, 0) is 49.7 Å². The number of hydrogen-bond donors (Lipinski definition) is 0. The van der Waals surface area contributed by atoms with Crippen molar-refractivity contribution in [3.63, 3.8) is 0 Å². The smallest absolute Gasteiger partial charge is 0.258 e. The molecule has 0 unspecified atom stereocenters. The van der Waals surface area contributed by atoms with Crippen LogP contribution in [0.15, 0.2) is 47.0 Å². The third-order valence-electron chi connectivity index (χ3n) is 3.82. The number of benzene rings is 2. The number of nitrogens with zero attached hydrogens (tertiary/aromatic N) is 2. The number of rotatable bonds is 6. The molecule has 0 saturated heterocycles. The van der Waals surface area contributed by atoms with Crippen molar-refractivity contribution in [1.82, 2.24) is 10.1 Å². The van der Waals surface area contributed by atoms with Crippen molar-refractivity contribution in [2.75, 3.05) is 7.11 Å². The van der Waals surface area contributed by atoms with E-state index in [1.54, 1.807) is 25.3 Å². The van der Waals surface area contributed by atoms with Crippen LogP contribution in [-0.2, 0) is 0 Å². The van der Waals surface area contributed by atoms with Gasteiger partial charge in [-0.15, -0.1) is 0 Å². The van der Waals surface area contributed by atoms with Gasteiger partial charge in [0.05, 0.1) is 13.2 Å². The van der Waals surface area contributed by atoms with E-state index < -0.39 is 0 Å². The average molecular weight is 342 g/mol. The summed E-state index contributed by atoms with van der Waals surface area (Å²) in [6.45, 7) is 4.05. The van der Waals surface area contributed by atoms with E-state index in [0.29, 0.717) is 22.9 Å². The van der Waals surface area contributed by atoms with Gasteiger partial charge in [0.25, 0.3) is 5.89 Å². The molecule has 0 aliphatic carbocycles. The Bertz CT molecular complexity index is 863. The number of aromatic nitrogens is 2.